The Morgan fingerprint density at radius 2 is 1.81 bits per heavy atom. The summed E-state index contributed by atoms with van der Waals surface area (Å²) in [7, 11) is 1.43. The Balaban J connectivity index is 1.90. The summed E-state index contributed by atoms with van der Waals surface area (Å²) in [6, 6.07) is 11.8. The molecule has 2 aromatic rings. The molecule has 0 radical (unpaired) electrons. The highest BCUT2D eigenvalue weighted by atomic mass is 32.2. The number of hydrogen-bond donors (Lipinski definition) is 0. The average molecular weight is 455 g/mol. The summed E-state index contributed by atoms with van der Waals surface area (Å²) in [5, 5.41) is -0.588. The molecule has 32 heavy (non-hydrogen) atoms. The van der Waals surface area contributed by atoms with E-state index in [-0.39, 0.29) is 23.0 Å². The van der Waals surface area contributed by atoms with Crippen molar-refractivity contribution in [2.45, 2.75) is 13.8 Å². The van der Waals surface area contributed by atoms with Crippen LogP contribution in [0.2, 0.25) is 0 Å². The van der Waals surface area contributed by atoms with Crippen LogP contribution in [0.5, 0.6) is 11.5 Å². The van der Waals surface area contributed by atoms with Crippen molar-refractivity contribution in [3.63, 3.8) is 0 Å². The lowest BCUT2D eigenvalue weighted by molar-refractivity contribution is -0.145. The number of carbonyl (C=O) groups excluding carboxylic acids is 4. The van der Waals surface area contributed by atoms with Crippen LogP contribution < -0.4 is 9.47 Å². The molecule has 8 nitrogen and oxygen atoms in total. The zero-order valence-electron chi connectivity index (χ0n) is 17.7. The van der Waals surface area contributed by atoms with Gasteiger partial charge < -0.3 is 14.2 Å². The summed E-state index contributed by atoms with van der Waals surface area (Å²) in [6.45, 7) is 3.21. The lowest BCUT2D eigenvalue weighted by Crippen LogP contribution is -2.34. The van der Waals surface area contributed by atoms with Crippen LogP contribution in [0.15, 0.2) is 47.4 Å². The third kappa shape index (κ3) is 5.17. The van der Waals surface area contributed by atoms with E-state index in [0.717, 1.165) is 10.5 Å². The number of esters is 2. The summed E-state index contributed by atoms with van der Waals surface area (Å²) in [4.78, 5) is 50.1. The molecule has 3 rings (SSSR count). The molecule has 1 aliphatic rings. The normalized spacial score (nSPS) is 14.6. The van der Waals surface area contributed by atoms with Crippen LogP contribution in [-0.4, -0.2) is 48.2 Å². The Bertz CT molecular complexity index is 1090. The number of methoxy groups -OCH3 is 1. The fourth-order valence-electron chi connectivity index (χ4n) is 2.87. The van der Waals surface area contributed by atoms with Gasteiger partial charge >= 0.3 is 11.9 Å². The van der Waals surface area contributed by atoms with E-state index in [4.69, 9.17) is 14.2 Å². The van der Waals surface area contributed by atoms with Crippen molar-refractivity contribution in [1.82, 2.24) is 4.90 Å². The zero-order chi connectivity index (χ0) is 23.3. The minimum atomic E-state index is -0.676. The number of nitrogens with zero attached hydrogens (tertiary/aromatic N) is 1. The molecule has 1 saturated heterocycles. The lowest BCUT2D eigenvalue weighted by atomic mass is 10.1. The maximum atomic E-state index is 12.7. The van der Waals surface area contributed by atoms with Crippen LogP contribution in [-0.2, 0) is 14.3 Å². The maximum Gasteiger partial charge on any atom is 0.343 e. The number of aryl methyl sites for hydroxylation is 1. The maximum absolute atomic E-state index is 12.7. The van der Waals surface area contributed by atoms with Crippen LogP contribution in [0.3, 0.4) is 0 Å². The second-order valence-electron chi connectivity index (χ2n) is 6.71. The summed E-state index contributed by atoms with van der Waals surface area (Å²) in [5.41, 5.74) is 1.71. The van der Waals surface area contributed by atoms with Crippen molar-refractivity contribution >= 4 is 40.9 Å². The van der Waals surface area contributed by atoms with E-state index >= 15 is 0 Å². The first-order valence-corrected chi connectivity index (χ1v) is 10.5. The van der Waals surface area contributed by atoms with Crippen LogP contribution in [0, 0.1) is 6.92 Å². The van der Waals surface area contributed by atoms with Gasteiger partial charge in [0.15, 0.2) is 11.5 Å². The monoisotopic (exact) mass is 455 g/mol. The number of amides is 2. The Labute approximate surface area is 189 Å². The average Bonchev–Trinajstić information content (AvgIpc) is 3.02. The molecule has 166 valence electrons. The van der Waals surface area contributed by atoms with Gasteiger partial charge in [-0.25, -0.2) is 4.79 Å². The highest BCUT2D eigenvalue weighted by Gasteiger charge is 2.37. The number of benzene rings is 2. The zero-order valence-corrected chi connectivity index (χ0v) is 18.6. The minimum Gasteiger partial charge on any atom is -0.493 e. The van der Waals surface area contributed by atoms with Crippen molar-refractivity contribution in [2.24, 2.45) is 0 Å². The van der Waals surface area contributed by atoms with Gasteiger partial charge in [-0.15, -0.1) is 0 Å². The molecule has 0 atom stereocenters. The third-order valence-electron chi connectivity index (χ3n) is 4.46. The molecule has 0 N–H and O–H groups in total. The molecule has 1 heterocycles. The molecule has 1 aliphatic heterocycles. The first-order chi connectivity index (χ1) is 15.3. The van der Waals surface area contributed by atoms with Crippen LogP contribution >= 0.6 is 11.8 Å². The number of thioether (sulfide) groups is 1. The fraction of sp³-hybridized carbons (Fsp3) is 0.217. The molecule has 0 aromatic heterocycles. The highest BCUT2D eigenvalue weighted by Crippen LogP contribution is 2.37. The molecule has 2 amide bonds. The molecule has 0 saturated carbocycles. The van der Waals surface area contributed by atoms with Gasteiger partial charge in [0.1, 0.15) is 6.54 Å². The standard InChI is InChI=1S/C23H21NO7S/c1-4-30-19(25)13-24-21(26)18(32-23(24)28)12-16-6-5-7-17(29-3)20(16)31-22(27)15-10-8-14(2)9-11-15/h5-12H,4,13H2,1-3H3/b18-12-. The number of imide groups is 1. The highest BCUT2D eigenvalue weighted by molar-refractivity contribution is 8.18. The first kappa shape index (κ1) is 23.1. The van der Waals surface area contributed by atoms with E-state index in [9.17, 15) is 19.2 Å². The molecule has 2 aromatic carbocycles. The van der Waals surface area contributed by atoms with Gasteiger partial charge in [-0.1, -0.05) is 29.8 Å². The van der Waals surface area contributed by atoms with Gasteiger partial charge in [0.2, 0.25) is 0 Å². The molecule has 0 bridgehead atoms. The second-order valence-corrected chi connectivity index (χ2v) is 7.70. The SMILES string of the molecule is CCOC(=O)CN1C(=O)S/C(=C\c2cccc(OC)c2OC(=O)c2ccc(C)cc2)C1=O. The largest absolute Gasteiger partial charge is 0.493 e. The van der Waals surface area contributed by atoms with E-state index in [1.54, 1.807) is 49.4 Å². The van der Waals surface area contributed by atoms with Crippen molar-refractivity contribution in [2.75, 3.05) is 20.3 Å². The Morgan fingerprint density at radius 1 is 1.09 bits per heavy atom. The number of ether oxygens (including phenoxy) is 3. The Kier molecular flexibility index (Phi) is 7.32. The smallest absolute Gasteiger partial charge is 0.343 e. The fourth-order valence-corrected chi connectivity index (χ4v) is 3.70. The van der Waals surface area contributed by atoms with Gasteiger partial charge in [0, 0.05) is 5.56 Å². The van der Waals surface area contributed by atoms with E-state index in [2.05, 4.69) is 0 Å². The van der Waals surface area contributed by atoms with Gasteiger partial charge in [0.25, 0.3) is 11.1 Å². The van der Waals surface area contributed by atoms with Crippen molar-refractivity contribution in [3.8, 4) is 11.5 Å². The van der Waals surface area contributed by atoms with E-state index in [1.165, 1.54) is 13.2 Å². The van der Waals surface area contributed by atoms with E-state index in [1.807, 2.05) is 6.92 Å². The number of rotatable bonds is 7. The first-order valence-electron chi connectivity index (χ1n) is 9.71. The minimum absolute atomic E-state index is 0.0835. The number of carbonyl (C=O) groups is 4. The quantitative estimate of drug-likeness (QED) is 0.353. The van der Waals surface area contributed by atoms with Gasteiger partial charge in [0.05, 0.1) is 24.2 Å². The predicted octanol–water partition coefficient (Wildman–Crippen LogP) is 3.82. The molecule has 9 heteroatoms. The lowest BCUT2D eigenvalue weighted by Gasteiger charge is -2.13. The number of hydrogen-bond acceptors (Lipinski definition) is 8. The van der Waals surface area contributed by atoms with Gasteiger partial charge in [-0.2, -0.15) is 0 Å². The van der Waals surface area contributed by atoms with Gasteiger partial charge in [-0.05, 0) is 49.9 Å². The van der Waals surface area contributed by atoms with Gasteiger partial charge in [-0.3, -0.25) is 19.3 Å². The summed E-state index contributed by atoms with van der Waals surface area (Å²) >= 11 is 0.685. The van der Waals surface area contributed by atoms with Crippen LogP contribution in [0.1, 0.15) is 28.4 Å². The van der Waals surface area contributed by atoms with Crippen molar-refractivity contribution in [1.29, 1.82) is 0 Å². The summed E-state index contributed by atoms with van der Waals surface area (Å²) in [6.07, 6.45) is 1.43. The van der Waals surface area contributed by atoms with Crippen molar-refractivity contribution < 1.29 is 33.4 Å². The van der Waals surface area contributed by atoms with E-state index < -0.39 is 29.6 Å². The van der Waals surface area contributed by atoms with E-state index in [0.29, 0.717) is 22.9 Å². The molecular weight excluding hydrogens is 434 g/mol. The Morgan fingerprint density at radius 3 is 2.47 bits per heavy atom. The molecule has 1 fully saturated rings. The molecular formula is C23H21NO7S. The molecule has 0 aliphatic carbocycles. The van der Waals surface area contributed by atoms with Crippen molar-refractivity contribution in [3.05, 3.63) is 64.1 Å². The Hall–Kier alpha value is -3.59. The molecule has 0 spiro atoms. The number of para-hydroxylation sites is 1. The van der Waals surface area contributed by atoms with Crippen LogP contribution in [0.4, 0.5) is 4.79 Å². The predicted molar refractivity (Wildman–Crippen MR) is 118 cm³/mol. The second kappa shape index (κ2) is 10.1. The molecule has 0 unspecified atom stereocenters. The van der Waals surface area contributed by atoms with Crippen LogP contribution in [0.25, 0.3) is 6.08 Å². The summed E-state index contributed by atoms with van der Waals surface area (Å²) < 4.78 is 15.7. The third-order valence-corrected chi connectivity index (χ3v) is 5.37. The topological polar surface area (TPSA) is 99.2 Å². The summed E-state index contributed by atoms with van der Waals surface area (Å²) in [5.74, 6) is -1.51.